The van der Waals surface area contributed by atoms with E-state index in [9.17, 15) is 0 Å². The fraction of sp³-hybridized carbons (Fsp3) is 0.333. The van der Waals surface area contributed by atoms with Gasteiger partial charge in [-0.25, -0.2) is 0 Å². The minimum absolute atomic E-state index is 0.321. The van der Waals surface area contributed by atoms with Crippen molar-refractivity contribution in [3.05, 3.63) is 17.7 Å². The molecule has 4 heteroatoms. The molecule has 1 aromatic carbocycles. The Labute approximate surface area is 75.7 Å². The summed E-state index contributed by atoms with van der Waals surface area (Å²) in [4.78, 5) is 0. The lowest BCUT2D eigenvalue weighted by Crippen LogP contribution is -2.03. The number of hydrogen-bond donors (Lipinski definition) is 4. The molecule has 0 heterocycles. The molecule has 1 unspecified atom stereocenters. The standard InChI is InChI=1S/C9H12O4/c1-5(10)2-6-3-7(11)9(13)8(12)4-6/h3-5,10-13H,2H2,1H3. The molecular weight excluding hydrogens is 172 g/mol. The number of aliphatic hydroxyl groups excluding tert-OH is 1. The average molecular weight is 184 g/mol. The monoisotopic (exact) mass is 184 g/mol. The van der Waals surface area contributed by atoms with E-state index in [-0.39, 0.29) is 11.5 Å². The van der Waals surface area contributed by atoms with Crippen molar-refractivity contribution in [2.75, 3.05) is 0 Å². The summed E-state index contributed by atoms with van der Waals surface area (Å²) in [6.07, 6.45) is -0.232. The average Bonchev–Trinajstić information content (AvgIpc) is 1.98. The maximum Gasteiger partial charge on any atom is 0.200 e. The normalized spacial score (nSPS) is 12.8. The van der Waals surface area contributed by atoms with Crippen LogP contribution in [0, 0.1) is 0 Å². The Bertz CT molecular complexity index is 283. The van der Waals surface area contributed by atoms with Crippen LogP contribution in [0.4, 0.5) is 0 Å². The molecule has 0 saturated carbocycles. The third-order valence-corrected chi connectivity index (χ3v) is 1.66. The third kappa shape index (κ3) is 2.26. The molecule has 1 atom stereocenters. The highest BCUT2D eigenvalue weighted by Gasteiger charge is 2.09. The van der Waals surface area contributed by atoms with Gasteiger partial charge in [0.1, 0.15) is 0 Å². The fourth-order valence-electron chi connectivity index (χ4n) is 1.12. The number of benzene rings is 1. The maximum atomic E-state index is 9.10. The van der Waals surface area contributed by atoms with Crippen LogP contribution < -0.4 is 0 Å². The van der Waals surface area contributed by atoms with Crippen LogP contribution in [0.3, 0.4) is 0 Å². The Hall–Kier alpha value is -1.42. The third-order valence-electron chi connectivity index (χ3n) is 1.66. The number of phenolic OH excluding ortho intramolecular Hbond substituents is 3. The number of aromatic hydroxyl groups is 3. The molecule has 1 rings (SSSR count). The summed E-state index contributed by atoms with van der Waals surface area (Å²) >= 11 is 0. The second-order valence-electron chi connectivity index (χ2n) is 3.04. The zero-order valence-corrected chi connectivity index (χ0v) is 7.23. The van der Waals surface area contributed by atoms with Gasteiger partial charge in [-0.3, -0.25) is 0 Å². The van der Waals surface area contributed by atoms with Crippen LogP contribution in [0.25, 0.3) is 0 Å². The Kier molecular flexibility index (Phi) is 2.63. The molecule has 72 valence electrons. The summed E-state index contributed by atoms with van der Waals surface area (Å²) in [6, 6.07) is 2.61. The molecule has 4 nitrogen and oxygen atoms in total. The predicted molar refractivity (Wildman–Crippen MR) is 46.8 cm³/mol. The van der Waals surface area contributed by atoms with Crippen LogP contribution in [0.15, 0.2) is 12.1 Å². The van der Waals surface area contributed by atoms with Gasteiger partial charge in [0.05, 0.1) is 6.10 Å². The minimum atomic E-state index is -0.552. The first kappa shape index (κ1) is 9.67. The van der Waals surface area contributed by atoms with Crippen LogP contribution >= 0.6 is 0 Å². The van der Waals surface area contributed by atoms with Crippen molar-refractivity contribution in [1.82, 2.24) is 0 Å². The van der Waals surface area contributed by atoms with Gasteiger partial charge in [0.25, 0.3) is 0 Å². The van der Waals surface area contributed by atoms with E-state index in [4.69, 9.17) is 20.4 Å². The summed E-state index contributed by atoms with van der Waals surface area (Å²) in [7, 11) is 0. The van der Waals surface area contributed by atoms with E-state index in [1.807, 2.05) is 0 Å². The maximum absolute atomic E-state index is 9.10. The first-order valence-electron chi connectivity index (χ1n) is 3.92. The number of aliphatic hydroxyl groups is 1. The molecule has 1 aromatic rings. The summed E-state index contributed by atoms with van der Waals surface area (Å²) in [5, 5.41) is 36.2. The second kappa shape index (κ2) is 3.53. The molecular formula is C9H12O4. The lowest BCUT2D eigenvalue weighted by Gasteiger charge is -2.07. The second-order valence-corrected chi connectivity index (χ2v) is 3.04. The molecule has 0 amide bonds. The highest BCUT2D eigenvalue weighted by atomic mass is 16.3. The minimum Gasteiger partial charge on any atom is -0.504 e. The molecule has 0 aliphatic carbocycles. The van der Waals surface area contributed by atoms with Crippen LogP contribution in [0.5, 0.6) is 17.2 Å². The van der Waals surface area contributed by atoms with E-state index in [1.54, 1.807) is 6.92 Å². The number of hydrogen-bond acceptors (Lipinski definition) is 4. The largest absolute Gasteiger partial charge is 0.504 e. The molecule has 13 heavy (non-hydrogen) atoms. The van der Waals surface area contributed by atoms with Crippen LogP contribution in [-0.2, 0) is 6.42 Å². The zero-order valence-electron chi connectivity index (χ0n) is 7.23. The van der Waals surface area contributed by atoms with Gasteiger partial charge in [-0.05, 0) is 31.0 Å². The van der Waals surface area contributed by atoms with Gasteiger partial charge in [0, 0.05) is 0 Å². The fourth-order valence-corrected chi connectivity index (χ4v) is 1.12. The molecule has 0 aliphatic heterocycles. The SMILES string of the molecule is CC(O)Cc1cc(O)c(O)c(O)c1. The molecule has 0 fully saturated rings. The highest BCUT2D eigenvalue weighted by Crippen LogP contribution is 2.35. The molecule has 0 radical (unpaired) electrons. The lowest BCUT2D eigenvalue weighted by molar-refractivity contribution is 0.195. The first-order valence-corrected chi connectivity index (χ1v) is 3.92. The van der Waals surface area contributed by atoms with Gasteiger partial charge in [-0.2, -0.15) is 0 Å². The van der Waals surface area contributed by atoms with Gasteiger partial charge >= 0.3 is 0 Å². The smallest absolute Gasteiger partial charge is 0.200 e. The Morgan fingerprint density at radius 3 is 2.00 bits per heavy atom. The van der Waals surface area contributed by atoms with E-state index < -0.39 is 11.9 Å². The lowest BCUT2D eigenvalue weighted by atomic mass is 10.1. The van der Waals surface area contributed by atoms with Gasteiger partial charge in [0.2, 0.25) is 0 Å². The number of rotatable bonds is 2. The summed E-state index contributed by atoms with van der Waals surface area (Å²) in [5.41, 5.74) is 0.572. The van der Waals surface area contributed by atoms with Crippen molar-refractivity contribution in [1.29, 1.82) is 0 Å². The predicted octanol–water partition coefficient (Wildman–Crippen LogP) is 0.727. The van der Waals surface area contributed by atoms with Gasteiger partial charge in [-0.1, -0.05) is 0 Å². The van der Waals surface area contributed by atoms with E-state index in [0.29, 0.717) is 12.0 Å². The summed E-state index contributed by atoms with van der Waals surface area (Å²) in [6.45, 7) is 1.60. The Morgan fingerprint density at radius 1 is 1.15 bits per heavy atom. The van der Waals surface area contributed by atoms with Crippen LogP contribution in [0.2, 0.25) is 0 Å². The van der Waals surface area contributed by atoms with E-state index in [1.165, 1.54) is 12.1 Å². The van der Waals surface area contributed by atoms with Crippen LogP contribution in [-0.4, -0.2) is 26.5 Å². The Balaban J connectivity index is 2.99. The number of phenols is 3. The summed E-state index contributed by atoms with van der Waals surface area (Å²) in [5.74, 6) is -1.29. The van der Waals surface area contributed by atoms with Crippen molar-refractivity contribution in [3.8, 4) is 17.2 Å². The molecule has 0 aromatic heterocycles. The highest BCUT2D eigenvalue weighted by molar-refractivity contribution is 5.51. The molecule has 0 bridgehead atoms. The van der Waals surface area contributed by atoms with Gasteiger partial charge < -0.3 is 20.4 Å². The topological polar surface area (TPSA) is 80.9 Å². The van der Waals surface area contributed by atoms with Crippen molar-refractivity contribution >= 4 is 0 Å². The molecule has 0 saturated heterocycles. The van der Waals surface area contributed by atoms with Gasteiger partial charge in [-0.15, -0.1) is 0 Å². The molecule has 0 spiro atoms. The van der Waals surface area contributed by atoms with Crippen molar-refractivity contribution in [2.45, 2.75) is 19.4 Å². The van der Waals surface area contributed by atoms with Gasteiger partial charge in [0.15, 0.2) is 17.2 Å². The van der Waals surface area contributed by atoms with Crippen molar-refractivity contribution < 1.29 is 20.4 Å². The zero-order chi connectivity index (χ0) is 10.0. The quantitative estimate of drug-likeness (QED) is 0.511. The van der Waals surface area contributed by atoms with Crippen molar-refractivity contribution in [3.63, 3.8) is 0 Å². The molecule has 0 aliphatic rings. The van der Waals surface area contributed by atoms with Crippen molar-refractivity contribution in [2.24, 2.45) is 0 Å². The first-order chi connectivity index (χ1) is 6.00. The van der Waals surface area contributed by atoms with E-state index >= 15 is 0 Å². The molecule has 4 N–H and O–H groups in total. The summed E-state index contributed by atoms with van der Waals surface area (Å²) < 4.78 is 0. The van der Waals surface area contributed by atoms with E-state index in [0.717, 1.165) is 0 Å². The van der Waals surface area contributed by atoms with E-state index in [2.05, 4.69) is 0 Å². The van der Waals surface area contributed by atoms with Crippen LogP contribution in [0.1, 0.15) is 12.5 Å². The Morgan fingerprint density at radius 2 is 1.62 bits per heavy atom.